The van der Waals surface area contributed by atoms with Crippen LogP contribution in [0.2, 0.25) is 0 Å². The topological polar surface area (TPSA) is 64.3 Å². The third-order valence-electron chi connectivity index (χ3n) is 2.12. The summed E-state index contributed by atoms with van der Waals surface area (Å²) in [7, 11) is 0. The Morgan fingerprint density at radius 2 is 2.05 bits per heavy atom. The van der Waals surface area contributed by atoms with Crippen LogP contribution in [-0.4, -0.2) is 18.6 Å². The first-order valence-corrected chi connectivity index (χ1v) is 5.59. The number of carbonyl (C=O) groups excluding carboxylic acids is 1. The van der Waals surface area contributed by atoms with E-state index in [2.05, 4.69) is 5.32 Å². The van der Waals surface area contributed by atoms with Gasteiger partial charge in [0.2, 0.25) is 0 Å². The Labute approximate surface area is 108 Å². The van der Waals surface area contributed by atoms with Gasteiger partial charge in [-0.1, -0.05) is 0 Å². The van der Waals surface area contributed by atoms with E-state index in [1.165, 1.54) is 6.07 Å². The molecule has 0 unspecified atom stereocenters. The van der Waals surface area contributed by atoms with Gasteiger partial charge in [0.05, 0.1) is 5.56 Å². The Kier molecular flexibility index (Phi) is 4.63. The molecular weight excluding hydrogens is 261 g/mol. The quantitative estimate of drug-likeness (QED) is 0.828. The van der Waals surface area contributed by atoms with E-state index >= 15 is 0 Å². The minimum atomic E-state index is -4.58. The summed E-state index contributed by atoms with van der Waals surface area (Å²) in [6.07, 6.45) is -4.58. The third kappa shape index (κ3) is 4.69. The number of nitrogens with two attached hydrogens (primary N) is 1. The van der Waals surface area contributed by atoms with Crippen molar-refractivity contribution in [3.05, 3.63) is 23.8 Å². The van der Waals surface area contributed by atoms with Crippen molar-refractivity contribution in [2.24, 2.45) is 0 Å². The zero-order valence-corrected chi connectivity index (χ0v) is 10.5. The first-order chi connectivity index (χ1) is 8.70. The standard InChI is InChI=1S/C12H15F3N2O2/c1-7(2)17-11(18)6-19-10-4-3-8(16)5-9(10)12(13,14)15/h3-5,7H,6,16H2,1-2H3,(H,17,18). The molecule has 19 heavy (non-hydrogen) atoms. The number of alkyl halides is 3. The van der Waals surface area contributed by atoms with Crippen molar-refractivity contribution in [3.8, 4) is 5.75 Å². The van der Waals surface area contributed by atoms with Crippen molar-refractivity contribution in [2.75, 3.05) is 12.3 Å². The van der Waals surface area contributed by atoms with Gasteiger partial charge in [-0.25, -0.2) is 0 Å². The lowest BCUT2D eigenvalue weighted by Gasteiger charge is -2.15. The summed E-state index contributed by atoms with van der Waals surface area (Å²) in [5.74, 6) is -0.902. The van der Waals surface area contributed by atoms with Gasteiger partial charge in [0.25, 0.3) is 5.91 Å². The van der Waals surface area contributed by atoms with Crippen molar-refractivity contribution in [1.82, 2.24) is 5.32 Å². The molecule has 0 aliphatic carbocycles. The van der Waals surface area contributed by atoms with Crippen molar-refractivity contribution < 1.29 is 22.7 Å². The van der Waals surface area contributed by atoms with Gasteiger partial charge in [-0.2, -0.15) is 13.2 Å². The molecule has 0 spiro atoms. The van der Waals surface area contributed by atoms with E-state index in [0.717, 1.165) is 12.1 Å². The fourth-order valence-electron chi connectivity index (χ4n) is 1.40. The molecule has 0 radical (unpaired) electrons. The average molecular weight is 276 g/mol. The van der Waals surface area contributed by atoms with E-state index < -0.39 is 30.0 Å². The largest absolute Gasteiger partial charge is 0.483 e. The molecule has 0 aromatic heterocycles. The van der Waals surface area contributed by atoms with E-state index in [1.807, 2.05) is 0 Å². The number of hydrogen-bond acceptors (Lipinski definition) is 3. The number of hydrogen-bond donors (Lipinski definition) is 2. The zero-order chi connectivity index (χ0) is 14.6. The SMILES string of the molecule is CC(C)NC(=O)COc1ccc(N)cc1C(F)(F)F. The molecule has 0 atom stereocenters. The van der Waals surface area contributed by atoms with Crippen LogP contribution in [0.15, 0.2) is 18.2 Å². The van der Waals surface area contributed by atoms with Crippen molar-refractivity contribution in [3.63, 3.8) is 0 Å². The van der Waals surface area contributed by atoms with E-state index in [9.17, 15) is 18.0 Å². The molecule has 106 valence electrons. The van der Waals surface area contributed by atoms with Crippen LogP contribution in [0.1, 0.15) is 19.4 Å². The number of nitrogen functional groups attached to an aromatic ring is 1. The van der Waals surface area contributed by atoms with Crippen LogP contribution in [-0.2, 0) is 11.0 Å². The normalized spacial score (nSPS) is 11.5. The summed E-state index contributed by atoms with van der Waals surface area (Å²) in [6.45, 7) is 3.00. The van der Waals surface area contributed by atoms with Crippen LogP contribution >= 0.6 is 0 Å². The second-order valence-electron chi connectivity index (χ2n) is 4.26. The molecule has 0 heterocycles. The van der Waals surface area contributed by atoms with Gasteiger partial charge in [-0.15, -0.1) is 0 Å². The second-order valence-corrected chi connectivity index (χ2v) is 4.26. The lowest BCUT2D eigenvalue weighted by molar-refractivity contribution is -0.139. The Morgan fingerprint density at radius 3 is 2.58 bits per heavy atom. The van der Waals surface area contributed by atoms with Crippen LogP contribution in [0.25, 0.3) is 0 Å². The Bertz CT molecular complexity index is 459. The predicted molar refractivity (Wildman–Crippen MR) is 64.6 cm³/mol. The summed E-state index contributed by atoms with van der Waals surface area (Å²) in [5, 5.41) is 2.51. The molecule has 0 fully saturated rings. The number of ether oxygens (including phenoxy) is 1. The minimum Gasteiger partial charge on any atom is -0.483 e. The lowest BCUT2D eigenvalue weighted by Crippen LogP contribution is -2.34. The van der Waals surface area contributed by atoms with Crippen molar-refractivity contribution in [1.29, 1.82) is 0 Å². The average Bonchev–Trinajstić information content (AvgIpc) is 2.25. The summed E-state index contributed by atoms with van der Waals surface area (Å²) in [4.78, 5) is 11.3. The molecule has 1 aromatic rings. The van der Waals surface area contributed by atoms with E-state index in [4.69, 9.17) is 10.5 Å². The van der Waals surface area contributed by atoms with Crippen LogP contribution in [0.4, 0.5) is 18.9 Å². The minimum absolute atomic E-state index is 0.0219. The molecule has 0 bridgehead atoms. The summed E-state index contributed by atoms with van der Waals surface area (Å²) >= 11 is 0. The first kappa shape index (κ1) is 15.1. The van der Waals surface area contributed by atoms with Gasteiger partial charge < -0.3 is 15.8 Å². The highest BCUT2D eigenvalue weighted by Gasteiger charge is 2.34. The molecule has 0 saturated carbocycles. The molecule has 1 rings (SSSR count). The van der Waals surface area contributed by atoms with E-state index in [0.29, 0.717) is 0 Å². The summed E-state index contributed by atoms with van der Waals surface area (Å²) < 4.78 is 43.1. The summed E-state index contributed by atoms with van der Waals surface area (Å²) in [5.41, 5.74) is 4.29. The molecule has 1 aromatic carbocycles. The number of nitrogens with one attached hydrogen (secondary N) is 1. The van der Waals surface area contributed by atoms with Crippen molar-refractivity contribution >= 4 is 11.6 Å². The summed E-state index contributed by atoms with van der Waals surface area (Å²) in [6, 6.07) is 3.05. The molecule has 4 nitrogen and oxygen atoms in total. The van der Waals surface area contributed by atoms with E-state index in [-0.39, 0.29) is 11.7 Å². The van der Waals surface area contributed by atoms with Crippen LogP contribution in [0.3, 0.4) is 0 Å². The smallest absolute Gasteiger partial charge is 0.420 e. The van der Waals surface area contributed by atoms with Crippen molar-refractivity contribution in [2.45, 2.75) is 26.1 Å². The maximum absolute atomic E-state index is 12.7. The number of rotatable bonds is 4. The fraction of sp³-hybridized carbons (Fsp3) is 0.417. The monoisotopic (exact) mass is 276 g/mol. The highest BCUT2D eigenvalue weighted by Crippen LogP contribution is 2.37. The molecule has 1 amide bonds. The second kappa shape index (κ2) is 5.81. The molecule has 0 aliphatic rings. The molecule has 3 N–H and O–H groups in total. The highest BCUT2D eigenvalue weighted by molar-refractivity contribution is 5.77. The molecular formula is C12H15F3N2O2. The van der Waals surface area contributed by atoms with Crippen LogP contribution in [0, 0.1) is 0 Å². The predicted octanol–water partition coefficient (Wildman–Crippen LogP) is 2.19. The molecule has 7 heteroatoms. The lowest BCUT2D eigenvalue weighted by atomic mass is 10.1. The maximum Gasteiger partial charge on any atom is 0.420 e. The zero-order valence-electron chi connectivity index (χ0n) is 10.5. The highest BCUT2D eigenvalue weighted by atomic mass is 19.4. The number of anilines is 1. The Hall–Kier alpha value is -1.92. The first-order valence-electron chi connectivity index (χ1n) is 5.59. The number of halogens is 3. The van der Waals surface area contributed by atoms with Crippen LogP contribution in [0.5, 0.6) is 5.75 Å². The Morgan fingerprint density at radius 1 is 1.42 bits per heavy atom. The molecule has 0 aliphatic heterocycles. The Balaban J connectivity index is 2.81. The van der Waals surface area contributed by atoms with Gasteiger partial charge in [-0.3, -0.25) is 4.79 Å². The third-order valence-corrected chi connectivity index (χ3v) is 2.12. The maximum atomic E-state index is 12.7. The molecule has 0 saturated heterocycles. The number of benzene rings is 1. The number of amides is 1. The van der Waals surface area contributed by atoms with Crippen LogP contribution < -0.4 is 15.8 Å². The van der Waals surface area contributed by atoms with Gasteiger partial charge in [-0.05, 0) is 32.0 Å². The van der Waals surface area contributed by atoms with Gasteiger partial charge in [0.1, 0.15) is 5.75 Å². The fourth-order valence-corrected chi connectivity index (χ4v) is 1.40. The van der Waals surface area contributed by atoms with Gasteiger partial charge in [0, 0.05) is 11.7 Å². The van der Waals surface area contributed by atoms with Gasteiger partial charge >= 0.3 is 6.18 Å². The number of carbonyl (C=O) groups is 1. The van der Waals surface area contributed by atoms with Gasteiger partial charge in [0.15, 0.2) is 6.61 Å². The van der Waals surface area contributed by atoms with E-state index in [1.54, 1.807) is 13.8 Å².